The van der Waals surface area contributed by atoms with Crippen LogP contribution in [0.25, 0.3) is 0 Å². The largest absolute Gasteiger partial charge is 0.480 e. The molecule has 1 rings (SSSR count). The minimum absolute atomic E-state index is 0.00110. The Morgan fingerprint density at radius 3 is 2.33 bits per heavy atom. The van der Waals surface area contributed by atoms with E-state index < -0.39 is 40.7 Å². The molecule has 1 aromatic carbocycles. The zero-order valence-electron chi connectivity index (χ0n) is 11.7. The third-order valence-corrected chi connectivity index (χ3v) is 3.47. The van der Waals surface area contributed by atoms with Crippen LogP contribution in [0.4, 0.5) is 17.6 Å². The maximum Gasteiger partial charge on any atom is 0.323 e. The van der Waals surface area contributed by atoms with Crippen LogP contribution in [0.1, 0.15) is 32.3 Å². The molecular formula is C14H17F4NO2. The molecule has 2 unspecified atom stereocenters. The topological polar surface area (TPSA) is 63.3 Å². The second kappa shape index (κ2) is 6.43. The summed E-state index contributed by atoms with van der Waals surface area (Å²) in [6.07, 6.45) is 0.301. The van der Waals surface area contributed by atoms with E-state index in [9.17, 15) is 22.4 Å². The molecule has 0 spiro atoms. The van der Waals surface area contributed by atoms with E-state index >= 15 is 0 Å². The normalized spacial score (nSPS) is 15.6. The number of halogens is 4. The quantitative estimate of drug-likeness (QED) is 0.482. The van der Waals surface area contributed by atoms with Crippen molar-refractivity contribution >= 4 is 5.97 Å². The van der Waals surface area contributed by atoms with Gasteiger partial charge in [0.05, 0.1) is 0 Å². The first-order chi connectivity index (χ1) is 9.60. The molecule has 0 aliphatic rings. The monoisotopic (exact) mass is 307 g/mol. The highest BCUT2D eigenvalue weighted by molar-refractivity contribution is 5.77. The van der Waals surface area contributed by atoms with Crippen molar-refractivity contribution in [3.8, 4) is 0 Å². The molecule has 118 valence electrons. The highest BCUT2D eigenvalue weighted by Gasteiger charge is 2.31. The third-order valence-electron chi connectivity index (χ3n) is 3.47. The summed E-state index contributed by atoms with van der Waals surface area (Å²) in [6, 6.07) is 0.588. The predicted octanol–water partition coefficient (Wildman–Crippen LogP) is 3.00. The van der Waals surface area contributed by atoms with Crippen molar-refractivity contribution in [2.24, 2.45) is 11.7 Å². The lowest BCUT2D eigenvalue weighted by Gasteiger charge is -2.25. The zero-order valence-corrected chi connectivity index (χ0v) is 11.7. The lowest BCUT2D eigenvalue weighted by Crippen LogP contribution is -2.46. The number of carboxylic acid groups (broad SMARTS) is 1. The summed E-state index contributed by atoms with van der Waals surface area (Å²) < 4.78 is 52.8. The van der Waals surface area contributed by atoms with Gasteiger partial charge in [0.25, 0.3) is 0 Å². The van der Waals surface area contributed by atoms with Gasteiger partial charge in [-0.15, -0.1) is 0 Å². The van der Waals surface area contributed by atoms with Crippen molar-refractivity contribution in [1.82, 2.24) is 0 Å². The van der Waals surface area contributed by atoms with Gasteiger partial charge < -0.3 is 10.8 Å². The van der Waals surface area contributed by atoms with Crippen LogP contribution < -0.4 is 5.73 Å². The van der Waals surface area contributed by atoms with Crippen LogP contribution >= 0.6 is 0 Å². The Balaban J connectivity index is 3.01. The van der Waals surface area contributed by atoms with E-state index in [1.54, 1.807) is 6.92 Å². The summed E-state index contributed by atoms with van der Waals surface area (Å²) >= 11 is 0. The zero-order chi connectivity index (χ0) is 16.4. The summed E-state index contributed by atoms with van der Waals surface area (Å²) in [5, 5.41) is 8.96. The number of carbonyl (C=O) groups is 1. The molecule has 0 radical (unpaired) electrons. The van der Waals surface area contributed by atoms with Crippen molar-refractivity contribution < 1.29 is 27.5 Å². The SMILES string of the molecule is CCC(Cc1cc(F)c(F)c(F)c1F)CC(C)(N)C(=O)O. The van der Waals surface area contributed by atoms with Crippen LogP contribution in [0.3, 0.4) is 0 Å². The van der Waals surface area contributed by atoms with Gasteiger partial charge in [0.15, 0.2) is 23.3 Å². The van der Waals surface area contributed by atoms with E-state index in [4.69, 9.17) is 10.8 Å². The molecule has 0 saturated carbocycles. The second-order valence-electron chi connectivity index (χ2n) is 5.36. The van der Waals surface area contributed by atoms with Crippen LogP contribution in [-0.4, -0.2) is 16.6 Å². The maximum atomic E-state index is 13.6. The lowest BCUT2D eigenvalue weighted by atomic mass is 9.84. The molecule has 2 atom stereocenters. The fraction of sp³-hybridized carbons (Fsp3) is 0.500. The van der Waals surface area contributed by atoms with Crippen molar-refractivity contribution in [3.63, 3.8) is 0 Å². The molecule has 21 heavy (non-hydrogen) atoms. The van der Waals surface area contributed by atoms with E-state index in [1.165, 1.54) is 6.92 Å². The maximum absolute atomic E-state index is 13.6. The van der Waals surface area contributed by atoms with Crippen molar-refractivity contribution in [3.05, 3.63) is 34.9 Å². The molecule has 1 aromatic rings. The van der Waals surface area contributed by atoms with Crippen LogP contribution in [0.5, 0.6) is 0 Å². The van der Waals surface area contributed by atoms with Gasteiger partial charge in [-0.2, -0.15) is 0 Å². The van der Waals surface area contributed by atoms with Crippen LogP contribution in [0.2, 0.25) is 0 Å². The van der Waals surface area contributed by atoms with Gasteiger partial charge in [-0.1, -0.05) is 13.3 Å². The average molecular weight is 307 g/mol. The van der Waals surface area contributed by atoms with E-state index in [2.05, 4.69) is 0 Å². The highest BCUT2D eigenvalue weighted by atomic mass is 19.2. The Labute approximate surface area is 119 Å². The van der Waals surface area contributed by atoms with Gasteiger partial charge in [-0.3, -0.25) is 4.79 Å². The summed E-state index contributed by atoms with van der Waals surface area (Å²) in [4.78, 5) is 11.0. The number of nitrogens with two attached hydrogens (primary N) is 1. The first-order valence-electron chi connectivity index (χ1n) is 6.44. The summed E-state index contributed by atoms with van der Waals surface area (Å²) in [5.41, 5.74) is 3.74. The van der Waals surface area contributed by atoms with Crippen molar-refractivity contribution in [2.75, 3.05) is 0 Å². The van der Waals surface area contributed by atoms with Gasteiger partial charge in [0, 0.05) is 0 Å². The molecule has 3 N–H and O–H groups in total. The second-order valence-corrected chi connectivity index (χ2v) is 5.36. The summed E-state index contributed by atoms with van der Waals surface area (Å²) in [7, 11) is 0. The van der Waals surface area contributed by atoms with Gasteiger partial charge in [0.1, 0.15) is 5.54 Å². The fourth-order valence-corrected chi connectivity index (χ4v) is 2.13. The predicted molar refractivity (Wildman–Crippen MR) is 68.6 cm³/mol. The number of benzene rings is 1. The lowest BCUT2D eigenvalue weighted by molar-refractivity contribution is -0.143. The van der Waals surface area contributed by atoms with Crippen molar-refractivity contribution in [1.29, 1.82) is 0 Å². The summed E-state index contributed by atoms with van der Waals surface area (Å²) in [5.74, 6) is -8.30. The average Bonchev–Trinajstić information content (AvgIpc) is 2.41. The number of rotatable bonds is 6. The Hall–Kier alpha value is -1.63. The fourth-order valence-electron chi connectivity index (χ4n) is 2.13. The van der Waals surface area contributed by atoms with Crippen LogP contribution in [0, 0.1) is 29.2 Å². The highest BCUT2D eigenvalue weighted by Crippen LogP contribution is 2.26. The first kappa shape index (κ1) is 17.4. The smallest absolute Gasteiger partial charge is 0.323 e. The molecule has 0 aliphatic carbocycles. The molecule has 3 nitrogen and oxygen atoms in total. The van der Waals surface area contributed by atoms with Gasteiger partial charge in [0.2, 0.25) is 0 Å². The van der Waals surface area contributed by atoms with Gasteiger partial charge >= 0.3 is 5.97 Å². The molecule has 0 bridgehead atoms. The number of hydrogen-bond acceptors (Lipinski definition) is 2. The van der Waals surface area contributed by atoms with E-state index in [0.29, 0.717) is 12.5 Å². The van der Waals surface area contributed by atoms with Gasteiger partial charge in [-0.05, 0) is 37.3 Å². The number of carboxylic acids is 1. The Morgan fingerprint density at radius 1 is 1.29 bits per heavy atom. The molecule has 0 fully saturated rings. The van der Waals surface area contributed by atoms with E-state index in [0.717, 1.165) is 0 Å². The molecule has 0 amide bonds. The minimum atomic E-state index is -1.87. The molecule has 0 aliphatic heterocycles. The Kier molecular flexibility index (Phi) is 5.33. The number of aliphatic carboxylic acids is 1. The minimum Gasteiger partial charge on any atom is -0.480 e. The standard InChI is InChI=1S/C14H17F4NO2/c1-3-7(6-14(2,19)13(20)21)4-8-5-9(15)11(17)12(18)10(8)16/h5,7H,3-4,6,19H2,1-2H3,(H,20,21). The number of hydrogen-bond donors (Lipinski definition) is 2. The first-order valence-corrected chi connectivity index (χ1v) is 6.44. The van der Waals surface area contributed by atoms with Crippen molar-refractivity contribution in [2.45, 2.75) is 38.6 Å². The third kappa shape index (κ3) is 3.93. The van der Waals surface area contributed by atoms with Crippen LogP contribution in [0.15, 0.2) is 6.07 Å². The molecule has 7 heteroatoms. The molecule has 0 saturated heterocycles. The molecular weight excluding hydrogens is 290 g/mol. The summed E-state index contributed by atoms with van der Waals surface area (Å²) in [6.45, 7) is 3.02. The molecule has 0 aromatic heterocycles. The van der Waals surface area contributed by atoms with E-state index in [1.807, 2.05) is 0 Å². The molecule has 0 heterocycles. The Morgan fingerprint density at radius 2 is 1.86 bits per heavy atom. The Bertz CT molecular complexity index is 546. The van der Waals surface area contributed by atoms with Crippen LogP contribution in [-0.2, 0) is 11.2 Å². The van der Waals surface area contributed by atoms with Gasteiger partial charge in [-0.25, -0.2) is 17.6 Å². The van der Waals surface area contributed by atoms with E-state index in [-0.39, 0.29) is 18.4 Å².